The molecule has 16 heavy (non-hydrogen) atoms. The molecule has 0 aromatic heterocycles. The first-order valence-corrected chi connectivity index (χ1v) is 6.58. The Morgan fingerprint density at radius 3 is 2.38 bits per heavy atom. The first-order valence-electron chi connectivity index (χ1n) is 6.17. The van der Waals surface area contributed by atoms with E-state index >= 15 is 0 Å². The summed E-state index contributed by atoms with van der Waals surface area (Å²) in [7, 11) is 0. The first kappa shape index (κ1) is 15.4. The molecule has 0 radical (unpaired) electrons. The minimum Gasteiger partial charge on any atom is -0.393 e. The summed E-state index contributed by atoms with van der Waals surface area (Å²) in [6.45, 7) is 5.59. The Bertz CT molecular complexity index is 219. The summed E-state index contributed by atoms with van der Waals surface area (Å²) in [5.41, 5.74) is 5.45. The van der Waals surface area contributed by atoms with Gasteiger partial charge in [-0.05, 0) is 6.42 Å². The SMILES string of the molecule is CCCCCCN(CCC(N)=S)C(=O)CC. The number of hydrogen-bond donors (Lipinski definition) is 1. The lowest BCUT2D eigenvalue weighted by Crippen LogP contribution is -2.34. The van der Waals surface area contributed by atoms with Crippen LogP contribution in [0.25, 0.3) is 0 Å². The van der Waals surface area contributed by atoms with Gasteiger partial charge < -0.3 is 10.6 Å². The van der Waals surface area contributed by atoms with Gasteiger partial charge in [0.2, 0.25) is 5.91 Å². The Morgan fingerprint density at radius 1 is 1.19 bits per heavy atom. The van der Waals surface area contributed by atoms with Crippen molar-refractivity contribution in [1.82, 2.24) is 4.90 Å². The van der Waals surface area contributed by atoms with E-state index in [9.17, 15) is 4.79 Å². The van der Waals surface area contributed by atoms with Gasteiger partial charge in [-0.3, -0.25) is 4.79 Å². The lowest BCUT2D eigenvalue weighted by Gasteiger charge is -2.21. The fraction of sp³-hybridized carbons (Fsp3) is 0.833. The van der Waals surface area contributed by atoms with Crippen molar-refractivity contribution in [2.24, 2.45) is 5.73 Å². The van der Waals surface area contributed by atoms with Gasteiger partial charge in [-0.25, -0.2) is 0 Å². The topological polar surface area (TPSA) is 46.3 Å². The lowest BCUT2D eigenvalue weighted by molar-refractivity contribution is -0.130. The van der Waals surface area contributed by atoms with Gasteiger partial charge in [0.25, 0.3) is 0 Å². The smallest absolute Gasteiger partial charge is 0.222 e. The Morgan fingerprint density at radius 2 is 1.88 bits per heavy atom. The van der Waals surface area contributed by atoms with Crippen molar-refractivity contribution in [2.45, 2.75) is 52.4 Å². The second-order valence-corrected chi connectivity index (χ2v) is 4.54. The number of unbranched alkanes of at least 4 members (excludes halogenated alkanes) is 3. The molecular weight excluding hydrogens is 220 g/mol. The molecule has 0 fully saturated rings. The predicted molar refractivity (Wildman–Crippen MR) is 72.4 cm³/mol. The van der Waals surface area contributed by atoms with Crippen molar-refractivity contribution in [3.63, 3.8) is 0 Å². The molecule has 2 N–H and O–H groups in total. The molecule has 0 rings (SSSR count). The number of nitrogens with two attached hydrogens (primary N) is 1. The van der Waals surface area contributed by atoms with Gasteiger partial charge in [-0.2, -0.15) is 0 Å². The Hall–Kier alpha value is -0.640. The highest BCUT2D eigenvalue weighted by Crippen LogP contribution is 2.04. The summed E-state index contributed by atoms with van der Waals surface area (Å²) in [6.07, 6.45) is 5.92. The fourth-order valence-electron chi connectivity index (χ4n) is 1.56. The summed E-state index contributed by atoms with van der Waals surface area (Å²) in [6, 6.07) is 0. The third-order valence-electron chi connectivity index (χ3n) is 2.56. The molecule has 3 nitrogen and oxygen atoms in total. The zero-order valence-corrected chi connectivity index (χ0v) is 11.3. The zero-order chi connectivity index (χ0) is 12.4. The van der Waals surface area contributed by atoms with Gasteiger partial charge in [0.15, 0.2) is 0 Å². The second kappa shape index (κ2) is 9.58. The van der Waals surface area contributed by atoms with Crippen LogP contribution >= 0.6 is 12.2 Å². The van der Waals surface area contributed by atoms with Gasteiger partial charge in [0.05, 0.1) is 4.99 Å². The van der Waals surface area contributed by atoms with Gasteiger partial charge in [0.1, 0.15) is 0 Å². The van der Waals surface area contributed by atoms with E-state index in [1.807, 2.05) is 11.8 Å². The number of rotatable bonds is 9. The first-order chi connectivity index (χ1) is 7.61. The molecule has 0 aromatic rings. The summed E-state index contributed by atoms with van der Waals surface area (Å²) in [5, 5.41) is 0. The standard InChI is InChI=1S/C12H24N2OS/c1-3-5-6-7-9-14(12(15)4-2)10-8-11(13)16/h3-10H2,1-2H3,(H2,13,16). The summed E-state index contributed by atoms with van der Waals surface area (Å²) in [4.78, 5) is 14.0. The molecule has 1 amide bonds. The van der Waals surface area contributed by atoms with Crippen LogP contribution < -0.4 is 5.73 Å². The van der Waals surface area contributed by atoms with Gasteiger partial charge in [-0.1, -0.05) is 45.3 Å². The second-order valence-electron chi connectivity index (χ2n) is 4.01. The third kappa shape index (κ3) is 7.63. The quantitative estimate of drug-likeness (QED) is 0.500. The minimum atomic E-state index is 0.202. The number of carbonyl (C=O) groups is 1. The summed E-state index contributed by atoms with van der Waals surface area (Å²) >= 11 is 4.83. The molecule has 0 saturated carbocycles. The van der Waals surface area contributed by atoms with Crippen molar-refractivity contribution in [1.29, 1.82) is 0 Å². The normalized spacial score (nSPS) is 10.1. The molecule has 0 bridgehead atoms. The molecule has 0 aromatic carbocycles. The van der Waals surface area contributed by atoms with Crippen LogP contribution in [0, 0.1) is 0 Å². The molecule has 0 aliphatic carbocycles. The largest absolute Gasteiger partial charge is 0.393 e. The maximum Gasteiger partial charge on any atom is 0.222 e. The van der Waals surface area contributed by atoms with E-state index in [2.05, 4.69) is 6.92 Å². The van der Waals surface area contributed by atoms with Crippen LogP contribution in [0.3, 0.4) is 0 Å². The van der Waals surface area contributed by atoms with Crippen molar-refractivity contribution in [3.05, 3.63) is 0 Å². The van der Waals surface area contributed by atoms with Gasteiger partial charge in [-0.15, -0.1) is 0 Å². The van der Waals surface area contributed by atoms with E-state index in [1.165, 1.54) is 19.3 Å². The number of carbonyl (C=O) groups excluding carboxylic acids is 1. The number of nitrogens with zero attached hydrogens (tertiary/aromatic N) is 1. The number of thiocarbonyl (C=S) groups is 1. The molecule has 0 heterocycles. The van der Waals surface area contributed by atoms with Crippen LogP contribution in [-0.4, -0.2) is 28.9 Å². The zero-order valence-electron chi connectivity index (χ0n) is 10.5. The summed E-state index contributed by atoms with van der Waals surface area (Å²) < 4.78 is 0. The molecule has 94 valence electrons. The van der Waals surface area contributed by atoms with Crippen LogP contribution in [0.1, 0.15) is 52.4 Å². The average molecular weight is 244 g/mol. The van der Waals surface area contributed by atoms with E-state index in [0.717, 1.165) is 13.0 Å². The molecule has 0 atom stereocenters. The van der Waals surface area contributed by atoms with Crippen molar-refractivity contribution < 1.29 is 4.79 Å². The lowest BCUT2D eigenvalue weighted by atomic mass is 10.2. The highest BCUT2D eigenvalue weighted by atomic mass is 32.1. The monoisotopic (exact) mass is 244 g/mol. The number of hydrogen-bond acceptors (Lipinski definition) is 2. The van der Waals surface area contributed by atoms with Crippen LogP contribution in [0.5, 0.6) is 0 Å². The molecule has 0 aliphatic rings. The fourth-order valence-corrected chi connectivity index (χ4v) is 1.65. The van der Waals surface area contributed by atoms with Crippen molar-refractivity contribution >= 4 is 23.1 Å². The predicted octanol–water partition coefficient (Wildman–Crippen LogP) is 2.48. The Kier molecular flexibility index (Phi) is 9.19. The van der Waals surface area contributed by atoms with E-state index in [-0.39, 0.29) is 5.91 Å². The van der Waals surface area contributed by atoms with Crippen molar-refractivity contribution in [3.8, 4) is 0 Å². The highest BCUT2D eigenvalue weighted by Gasteiger charge is 2.10. The summed E-state index contributed by atoms with van der Waals surface area (Å²) in [5.74, 6) is 0.202. The molecule has 4 heteroatoms. The average Bonchev–Trinajstić information content (AvgIpc) is 2.27. The van der Waals surface area contributed by atoms with Gasteiger partial charge >= 0.3 is 0 Å². The Labute approximate surface area is 104 Å². The van der Waals surface area contributed by atoms with E-state index < -0.39 is 0 Å². The van der Waals surface area contributed by atoms with Crippen LogP contribution in [-0.2, 0) is 4.79 Å². The molecule has 0 aliphatic heterocycles. The highest BCUT2D eigenvalue weighted by molar-refractivity contribution is 7.80. The van der Waals surface area contributed by atoms with Crippen molar-refractivity contribution in [2.75, 3.05) is 13.1 Å². The van der Waals surface area contributed by atoms with E-state index in [4.69, 9.17) is 18.0 Å². The van der Waals surface area contributed by atoms with Gasteiger partial charge in [0, 0.05) is 25.9 Å². The maximum atomic E-state index is 11.6. The van der Waals surface area contributed by atoms with E-state index in [1.54, 1.807) is 0 Å². The Balaban J connectivity index is 3.90. The molecule has 0 unspecified atom stereocenters. The number of amides is 1. The van der Waals surface area contributed by atoms with Crippen LogP contribution in [0.15, 0.2) is 0 Å². The third-order valence-corrected chi connectivity index (χ3v) is 2.77. The molecular formula is C12H24N2OS. The van der Waals surface area contributed by atoms with E-state index in [0.29, 0.717) is 24.4 Å². The van der Waals surface area contributed by atoms with Crippen LogP contribution in [0.4, 0.5) is 0 Å². The molecule has 0 spiro atoms. The maximum absolute atomic E-state index is 11.6. The van der Waals surface area contributed by atoms with Crippen LogP contribution in [0.2, 0.25) is 0 Å². The minimum absolute atomic E-state index is 0.202. The molecule has 0 saturated heterocycles.